The Kier molecular flexibility index (Phi) is 5.11. The highest BCUT2D eigenvalue weighted by atomic mass is 35.5. The van der Waals surface area contributed by atoms with Gasteiger partial charge in [-0.3, -0.25) is 10.1 Å². The minimum absolute atomic E-state index is 0.0618. The van der Waals surface area contributed by atoms with Crippen molar-refractivity contribution in [3.05, 3.63) is 52.0 Å². The first-order valence-corrected chi connectivity index (χ1v) is 8.86. The number of benzene rings is 2. The smallest absolute Gasteiger partial charge is 0.342 e. The number of hydrogen-bond donors (Lipinski definition) is 2. The minimum Gasteiger partial charge on any atom is -0.507 e. The molecule has 0 unspecified atom stereocenters. The molecule has 1 aromatic heterocycles. The zero-order valence-corrected chi connectivity index (χ0v) is 15.6. The topological polar surface area (TPSA) is 88.5 Å². The third kappa shape index (κ3) is 3.95. The van der Waals surface area contributed by atoms with E-state index in [2.05, 4.69) is 10.3 Å². The van der Waals surface area contributed by atoms with Gasteiger partial charge in [0.05, 0.1) is 10.2 Å². The number of ether oxygens (including phenoxy) is 1. The van der Waals surface area contributed by atoms with Crippen LogP contribution in [0.4, 0.5) is 5.13 Å². The second kappa shape index (κ2) is 7.31. The summed E-state index contributed by atoms with van der Waals surface area (Å²) >= 11 is 7.06. The van der Waals surface area contributed by atoms with Crippen LogP contribution >= 0.6 is 22.9 Å². The van der Waals surface area contributed by atoms with Crippen LogP contribution < -0.4 is 5.32 Å². The van der Waals surface area contributed by atoms with Crippen LogP contribution in [0.15, 0.2) is 30.3 Å². The Balaban J connectivity index is 1.64. The molecule has 0 aliphatic rings. The molecule has 0 atom stereocenters. The van der Waals surface area contributed by atoms with Crippen LogP contribution in [0.2, 0.25) is 5.02 Å². The predicted octanol–water partition coefficient (Wildman–Crippen LogP) is 4.07. The summed E-state index contributed by atoms with van der Waals surface area (Å²) in [5.41, 5.74) is 2.92. The third-order valence-corrected chi connectivity index (χ3v) is 4.74. The van der Waals surface area contributed by atoms with Gasteiger partial charge in [-0.15, -0.1) is 0 Å². The Bertz CT molecular complexity index is 1020. The molecule has 3 rings (SSSR count). The van der Waals surface area contributed by atoms with Gasteiger partial charge in [-0.05, 0) is 49.2 Å². The number of aromatic nitrogens is 1. The number of phenols is 1. The molecule has 6 nitrogen and oxygen atoms in total. The van der Waals surface area contributed by atoms with Crippen molar-refractivity contribution in [1.29, 1.82) is 0 Å². The molecular formula is C18H15ClN2O4S. The SMILES string of the molecule is Cc1cc(C)c2nc(NC(=O)COC(=O)c3ccc(Cl)cc3O)sc2c1. The van der Waals surface area contributed by atoms with Gasteiger partial charge in [0, 0.05) is 5.02 Å². The monoisotopic (exact) mass is 390 g/mol. The van der Waals surface area contributed by atoms with Gasteiger partial charge in [0.25, 0.3) is 5.91 Å². The van der Waals surface area contributed by atoms with Crippen molar-refractivity contribution in [2.24, 2.45) is 0 Å². The number of nitrogens with one attached hydrogen (secondary N) is 1. The molecule has 0 saturated heterocycles. The normalized spacial score (nSPS) is 10.7. The molecule has 26 heavy (non-hydrogen) atoms. The Morgan fingerprint density at radius 3 is 2.77 bits per heavy atom. The summed E-state index contributed by atoms with van der Waals surface area (Å²) < 4.78 is 5.90. The molecule has 1 amide bonds. The van der Waals surface area contributed by atoms with Gasteiger partial charge in [-0.1, -0.05) is 29.0 Å². The van der Waals surface area contributed by atoms with Gasteiger partial charge in [0.2, 0.25) is 0 Å². The molecular weight excluding hydrogens is 376 g/mol. The molecule has 0 radical (unpaired) electrons. The second-order valence-electron chi connectivity index (χ2n) is 5.73. The Hall–Kier alpha value is -2.64. The molecule has 8 heteroatoms. The Labute approximate surface area is 158 Å². The first-order chi connectivity index (χ1) is 12.3. The average molecular weight is 391 g/mol. The van der Waals surface area contributed by atoms with Gasteiger partial charge < -0.3 is 9.84 Å². The van der Waals surface area contributed by atoms with Crippen molar-refractivity contribution in [2.75, 3.05) is 11.9 Å². The van der Waals surface area contributed by atoms with E-state index in [1.807, 2.05) is 26.0 Å². The number of halogens is 1. The number of carbonyl (C=O) groups excluding carboxylic acids is 2. The summed E-state index contributed by atoms with van der Waals surface area (Å²) in [6, 6.07) is 8.02. The van der Waals surface area contributed by atoms with Crippen LogP contribution in [-0.4, -0.2) is 28.6 Å². The van der Waals surface area contributed by atoms with E-state index in [0.717, 1.165) is 21.3 Å². The summed E-state index contributed by atoms with van der Waals surface area (Å²) in [5.74, 6) is -1.63. The predicted molar refractivity (Wildman–Crippen MR) is 101 cm³/mol. The number of aryl methyl sites for hydroxylation is 2. The molecule has 0 fully saturated rings. The average Bonchev–Trinajstić information content (AvgIpc) is 2.95. The van der Waals surface area contributed by atoms with Crippen molar-refractivity contribution in [3.63, 3.8) is 0 Å². The lowest BCUT2D eigenvalue weighted by atomic mass is 10.1. The lowest BCUT2D eigenvalue weighted by molar-refractivity contribution is -0.119. The van der Waals surface area contributed by atoms with Gasteiger partial charge in [-0.2, -0.15) is 0 Å². The fourth-order valence-electron chi connectivity index (χ4n) is 2.47. The number of amides is 1. The van der Waals surface area contributed by atoms with Crippen molar-refractivity contribution in [3.8, 4) is 5.75 Å². The number of aromatic hydroxyl groups is 1. The highest BCUT2D eigenvalue weighted by Gasteiger charge is 2.16. The van der Waals surface area contributed by atoms with Crippen LogP contribution in [0.25, 0.3) is 10.2 Å². The Morgan fingerprint density at radius 1 is 1.27 bits per heavy atom. The van der Waals surface area contributed by atoms with Gasteiger partial charge in [-0.25, -0.2) is 9.78 Å². The van der Waals surface area contributed by atoms with Gasteiger partial charge in [0.15, 0.2) is 11.7 Å². The zero-order valence-electron chi connectivity index (χ0n) is 14.0. The Morgan fingerprint density at radius 2 is 2.04 bits per heavy atom. The summed E-state index contributed by atoms with van der Waals surface area (Å²) in [4.78, 5) is 28.3. The van der Waals surface area contributed by atoms with E-state index < -0.39 is 18.5 Å². The number of anilines is 1. The van der Waals surface area contributed by atoms with Gasteiger partial charge >= 0.3 is 5.97 Å². The van der Waals surface area contributed by atoms with Crippen molar-refractivity contribution in [2.45, 2.75) is 13.8 Å². The highest BCUT2D eigenvalue weighted by molar-refractivity contribution is 7.22. The van der Waals surface area contributed by atoms with Crippen molar-refractivity contribution < 1.29 is 19.4 Å². The molecule has 2 aromatic carbocycles. The first-order valence-electron chi connectivity index (χ1n) is 7.67. The van der Waals surface area contributed by atoms with Gasteiger partial charge in [0.1, 0.15) is 11.3 Å². The summed E-state index contributed by atoms with van der Waals surface area (Å²) in [6.07, 6.45) is 0. The number of thiazole rings is 1. The summed E-state index contributed by atoms with van der Waals surface area (Å²) in [6.45, 7) is 3.46. The number of hydrogen-bond acceptors (Lipinski definition) is 6. The molecule has 3 aromatic rings. The lowest BCUT2D eigenvalue weighted by Gasteiger charge is -2.06. The van der Waals surface area contributed by atoms with E-state index in [4.69, 9.17) is 16.3 Å². The second-order valence-corrected chi connectivity index (χ2v) is 7.20. The molecule has 0 spiro atoms. The maximum absolute atomic E-state index is 12.0. The molecule has 0 saturated carbocycles. The summed E-state index contributed by atoms with van der Waals surface area (Å²) in [5, 5.41) is 13.0. The van der Waals surface area contributed by atoms with E-state index in [0.29, 0.717) is 5.13 Å². The van der Waals surface area contributed by atoms with Crippen LogP contribution in [0, 0.1) is 13.8 Å². The fraction of sp³-hybridized carbons (Fsp3) is 0.167. The standard InChI is InChI=1S/C18H15ClN2O4S/c1-9-5-10(2)16-14(6-9)26-18(21-16)20-15(23)8-25-17(24)12-4-3-11(19)7-13(12)22/h3-7,22H,8H2,1-2H3,(H,20,21,23). The van der Waals surface area contributed by atoms with E-state index in [-0.39, 0.29) is 16.3 Å². The third-order valence-electron chi connectivity index (χ3n) is 3.59. The molecule has 1 heterocycles. The zero-order chi connectivity index (χ0) is 18.8. The molecule has 0 bridgehead atoms. The lowest BCUT2D eigenvalue weighted by Crippen LogP contribution is -2.20. The van der Waals surface area contributed by atoms with Crippen LogP contribution in [0.3, 0.4) is 0 Å². The molecule has 0 aliphatic carbocycles. The number of esters is 1. The van der Waals surface area contributed by atoms with Crippen LogP contribution in [0.1, 0.15) is 21.5 Å². The molecule has 2 N–H and O–H groups in total. The van der Waals surface area contributed by atoms with E-state index in [9.17, 15) is 14.7 Å². The quantitative estimate of drug-likeness (QED) is 0.655. The van der Waals surface area contributed by atoms with E-state index in [1.54, 1.807) is 0 Å². The van der Waals surface area contributed by atoms with Crippen LogP contribution in [-0.2, 0) is 9.53 Å². The van der Waals surface area contributed by atoms with E-state index in [1.165, 1.54) is 29.5 Å². The maximum Gasteiger partial charge on any atom is 0.342 e. The highest BCUT2D eigenvalue weighted by Crippen LogP contribution is 2.29. The fourth-order valence-corrected chi connectivity index (χ4v) is 3.69. The van der Waals surface area contributed by atoms with Crippen molar-refractivity contribution in [1.82, 2.24) is 4.98 Å². The largest absolute Gasteiger partial charge is 0.507 e. The number of phenolic OH excluding ortho intramolecular Hbond substituents is 1. The van der Waals surface area contributed by atoms with E-state index >= 15 is 0 Å². The number of carbonyl (C=O) groups is 2. The number of rotatable bonds is 4. The summed E-state index contributed by atoms with van der Waals surface area (Å²) in [7, 11) is 0. The first kappa shape index (κ1) is 18.2. The van der Waals surface area contributed by atoms with Crippen LogP contribution in [0.5, 0.6) is 5.75 Å². The molecule has 134 valence electrons. The molecule has 0 aliphatic heterocycles. The number of nitrogens with zero attached hydrogens (tertiary/aromatic N) is 1. The number of fused-ring (bicyclic) bond motifs is 1. The minimum atomic E-state index is -0.815. The maximum atomic E-state index is 12.0. The van der Waals surface area contributed by atoms with Crippen molar-refractivity contribution >= 4 is 50.2 Å².